The highest BCUT2D eigenvalue weighted by Crippen LogP contribution is 2.38. The number of hydrogen-bond acceptors (Lipinski definition) is 5. The van der Waals surface area contributed by atoms with Crippen LogP contribution in [0.15, 0.2) is 101 Å². The number of halogens is 1. The molecule has 3 rings (SSSR count). The van der Waals surface area contributed by atoms with E-state index < -0.39 is 9.84 Å². The van der Waals surface area contributed by atoms with Crippen molar-refractivity contribution in [3.63, 3.8) is 0 Å². The lowest BCUT2D eigenvalue weighted by molar-refractivity contribution is -0.112. The van der Waals surface area contributed by atoms with E-state index in [4.69, 9.17) is 16.9 Å². The van der Waals surface area contributed by atoms with Crippen LogP contribution in [0, 0.1) is 11.3 Å². The molecule has 2 atom stereocenters. The fourth-order valence-corrected chi connectivity index (χ4v) is 4.66. The van der Waals surface area contributed by atoms with Crippen LogP contribution in [-0.4, -0.2) is 25.6 Å². The van der Waals surface area contributed by atoms with Gasteiger partial charge in [-0.2, -0.15) is 5.26 Å². The molecule has 38 heavy (non-hydrogen) atoms. The summed E-state index contributed by atoms with van der Waals surface area (Å²) < 4.78 is 22.0. The number of phenols is 1. The van der Waals surface area contributed by atoms with Crippen molar-refractivity contribution in [3.8, 4) is 11.8 Å². The van der Waals surface area contributed by atoms with Crippen molar-refractivity contribution in [2.75, 3.05) is 6.26 Å². The first-order valence-electron chi connectivity index (χ1n) is 12.0. The highest BCUT2D eigenvalue weighted by atomic mass is 35.5. The average molecular weight is 550 g/mol. The number of hydrogen-bond donors (Lipinski definition) is 1. The van der Waals surface area contributed by atoms with Gasteiger partial charge in [0.25, 0.3) is 0 Å². The summed E-state index contributed by atoms with van der Waals surface area (Å²) in [5.74, 6) is 0.831. The Morgan fingerprint density at radius 1 is 1.03 bits per heavy atom. The van der Waals surface area contributed by atoms with E-state index in [0.717, 1.165) is 17.7 Å². The zero-order chi connectivity index (χ0) is 28.3. The molecule has 0 amide bonds. The van der Waals surface area contributed by atoms with E-state index in [1.165, 1.54) is 28.8 Å². The summed E-state index contributed by atoms with van der Waals surface area (Å²) >= 11 is 6.03. The number of aromatic hydroxyl groups is 1. The Balaban J connectivity index is 0.000000352. The van der Waals surface area contributed by atoms with Crippen molar-refractivity contribution in [1.82, 2.24) is 0 Å². The lowest BCUT2D eigenvalue weighted by Crippen LogP contribution is -2.09. The quantitative estimate of drug-likeness (QED) is 0.233. The van der Waals surface area contributed by atoms with E-state index in [1.54, 1.807) is 43.3 Å². The van der Waals surface area contributed by atoms with Gasteiger partial charge < -0.3 is 5.11 Å². The number of nitriles is 1. The van der Waals surface area contributed by atoms with E-state index in [1.807, 2.05) is 36.4 Å². The van der Waals surface area contributed by atoms with Crippen molar-refractivity contribution in [2.45, 2.75) is 43.9 Å². The van der Waals surface area contributed by atoms with E-state index in [0.29, 0.717) is 5.56 Å². The number of nitrogens with zero attached hydrogens (tertiary/aromatic N) is 1. The van der Waals surface area contributed by atoms with Gasteiger partial charge in [0, 0.05) is 11.3 Å². The van der Waals surface area contributed by atoms with Gasteiger partial charge in [-0.3, -0.25) is 4.79 Å². The maximum atomic E-state index is 11.1. The normalized spacial score (nSPS) is 13.2. The molecule has 0 radical (unpaired) electrons. The molecule has 3 aromatic rings. The summed E-state index contributed by atoms with van der Waals surface area (Å²) in [4.78, 5) is 11.3. The smallest absolute Gasteiger partial charge is 0.175 e. The molecule has 5 nitrogen and oxygen atoms in total. The van der Waals surface area contributed by atoms with Gasteiger partial charge in [0.15, 0.2) is 15.6 Å². The standard InChI is InChI=1S/C23H25ClO2.C8H7NO2S/c1-16(5-4-6-17(2)25)15-23(20-9-13-22(26)14-10-20)18(3)19-7-11-21(24)12-8-19;1-12(10,11)8-4-2-3-7(5-8)6-9/h4-14,18,23,26H,15H2,1-3H3;2-5H,1H3/b6-4-,16-5-;/t18-,23-;/m0./s1. The SMILES string of the molecule is CC(=O)/C=C\C=C(\C)C[C@H](c1ccc(O)cc1)[C@@H](C)c1ccc(Cl)cc1.CS(=O)(=O)c1cccc(C#N)c1. The van der Waals surface area contributed by atoms with Crippen LogP contribution in [0.5, 0.6) is 5.75 Å². The predicted molar refractivity (Wildman–Crippen MR) is 153 cm³/mol. The van der Waals surface area contributed by atoms with Crippen LogP contribution in [0.25, 0.3) is 0 Å². The topological polar surface area (TPSA) is 95.2 Å². The molecule has 0 fully saturated rings. The van der Waals surface area contributed by atoms with Gasteiger partial charge in [-0.05, 0) is 91.8 Å². The van der Waals surface area contributed by atoms with Crippen molar-refractivity contribution in [3.05, 3.63) is 118 Å². The van der Waals surface area contributed by atoms with Crippen LogP contribution in [-0.2, 0) is 14.6 Å². The molecule has 0 saturated heterocycles. The van der Waals surface area contributed by atoms with Crippen LogP contribution < -0.4 is 0 Å². The van der Waals surface area contributed by atoms with Gasteiger partial charge in [0.1, 0.15) is 5.75 Å². The van der Waals surface area contributed by atoms with Crippen molar-refractivity contribution in [2.24, 2.45) is 0 Å². The molecule has 3 aromatic carbocycles. The number of carbonyl (C=O) groups excluding carboxylic acids is 1. The molecule has 0 aliphatic heterocycles. The second-order valence-corrected chi connectivity index (χ2v) is 11.6. The Bertz CT molecular complexity index is 1430. The number of benzene rings is 3. The number of ketones is 1. The third-order valence-electron chi connectivity index (χ3n) is 5.97. The Morgan fingerprint density at radius 3 is 2.18 bits per heavy atom. The van der Waals surface area contributed by atoms with Crippen LogP contribution in [0.3, 0.4) is 0 Å². The summed E-state index contributed by atoms with van der Waals surface area (Å²) in [5.41, 5.74) is 3.95. The number of carbonyl (C=O) groups is 1. The first kappa shape index (κ1) is 30.6. The van der Waals surface area contributed by atoms with Gasteiger partial charge in [-0.15, -0.1) is 0 Å². The summed E-state index contributed by atoms with van der Waals surface area (Å²) in [7, 11) is -3.19. The molecule has 7 heteroatoms. The first-order chi connectivity index (χ1) is 17.9. The van der Waals surface area contributed by atoms with Crippen molar-refractivity contribution < 1.29 is 18.3 Å². The fraction of sp³-hybridized carbons (Fsp3) is 0.226. The monoisotopic (exact) mass is 549 g/mol. The van der Waals surface area contributed by atoms with Gasteiger partial charge in [0.2, 0.25) is 0 Å². The highest BCUT2D eigenvalue weighted by Gasteiger charge is 2.21. The lowest BCUT2D eigenvalue weighted by atomic mass is 9.79. The second-order valence-electron chi connectivity index (χ2n) is 9.14. The van der Waals surface area contributed by atoms with Crippen LogP contribution >= 0.6 is 11.6 Å². The van der Waals surface area contributed by atoms with Gasteiger partial charge in [0.05, 0.1) is 16.5 Å². The molecule has 0 unspecified atom stereocenters. The molecule has 0 bridgehead atoms. The summed E-state index contributed by atoms with van der Waals surface area (Å²) in [5, 5.41) is 18.8. The first-order valence-corrected chi connectivity index (χ1v) is 14.3. The highest BCUT2D eigenvalue weighted by molar-refractivity contribution is 7.90. The molecule has 198 valence electrons. The van der Waals surface area contributed by atoms with Gasteiger partial charge in [-0.1, -0.05) is 66.6 Å². The second kappa shape index (κ2) is 14.3. The van der Waals surface area contributed by atoms with Crippen molar-refractivity contribution in [1.29, 1.82) is 5.26 Å². The maximum Gasteiger partial charge on any atom is 0.175 e. The fourth-order valence-electron chi connectivity index (χ4n) is 3.86. The Labute approximate surface area is 230 Å². The molecule has 0 aromatic heterocycles. The van der Waals surface area contributed by atoms with E-state index in [2.05, 4.69) is 26.0 Å². The minimum Gasteiger partial charge on any atom is -0.508 e. The molecule has 1 N–H and O–H groups in total. The average Bonchev–Trinajstić information content (AvgIpc) is 2.87. The zero-order valence-corrected chi connectivity index (χ0v) is 23.5. The molecular weight excluding hydrogens is 518 g/mol. The molecule has 0 spiro atoms. The number of phenolic OH excluding ortho intramolecular Hbond substituents is 1. The van der Waals surface area contributed by atoms with Crippen LogP contribution in [0.2, 0.25) is 5.02 Å². The summed E-state index contributed by atoms with van der Waals surface area (Å²) in [6.45, 7) is 5.83. The summed E-state index contributed by atoms with van der Waals surface area (Å²) in [6, 6.07) is 23.2. The third-order valence-corrected chi connectivity index (χ3v) is 7.33. The Hall–Kier alpha value is -3.66. The number of sulfone groups is 1. The molecule has 0 aliphatic carbocycles. The minimum atomic E-state index is -3.19. The molecule has 0 heterocycles. The molecule has 0 saturated carbocycles. The van der Waals surface area contributed by atoms with Gasteiger partial charge in [-0.25, -0.2) is 8.42 Å². The third kappa shape index (κ3) is 10.0. The Morgan fingerprint density at radius 2 is 1.63 bits per heavy atom. The largest absolute Gasteiger partial charge is 0.508 e. The molecule has 0 aliphatic rings. The number of allylic oxidation sites excluding steroid dienone is 4. The maximum absolute atomic E-state index is 11.1. The number of rotatable bonds is 8. The van der Waals surface area contributed by atoms with Crippen molar-refractivity contribution >= 4 is 27.2 Å². The van der Waals surface area contributed by atoms with Gasteiger partial charge >= 0.3 is 0 Å². The van der Waals surface area contributed by atoms with E-state index in [-0.39, 0.29) is 28.3 Å². The summed E-state index contributed by atoms with van der Waals surface area (Å²) in [6.07, 6.45) is 7.34. The minimum absolute atomic E-state index is 0.0404. The van der Waals surface area contributed by atoms with Crippen LogP contribution in [0.4, 0.5) is 0 Å². The van der Waals surface area contributed by atoms with E-state index in [9.17, 15) is 18.3 Å². The lowest BCUT2D eigenvalue weighted by Gasteiger charge is -2.25. The Kier molecular flexibility index (Phi) is 11.5. The molecular formula is C31H32ClNO4S. The predicted octanol–water partition coefficient (Wildman–Crippen LogP) is 7.38. The van der Waals surface area contributed by atoms with Crippen LogP contribution in [0.1, 0.15) is 55.7 Å². The zero-order valence-electron chi connectivity index (χ0n) is 21.9. The van der Waals surface area contributed by atoms with E-state index >= 15 is 0 Å².